The van der Waals surface area contributed by atoms with E-state index < -0.39 is 5.60 Å². The van der Waals surface area contributed by atoms with E-state index in [0.29, 0.717) is 11.8 Å². The number of hydrogen-bond donors (Lipinski definition) is 1. The first-order valence-electron chi connectivity index (χ1n) is 10.8. The maximum Gasteiger partial charge on any atom is 0.410 e. The third-order valence-electron chi connectivity index (χ3n) is 5.36. The summed E-state index contributed by atoms with van der Waals surface area (Å²) in [5, 5.41) is 3.52. The van der Waals surface area contributed by atoms with Crippen LogP contribution in [0.4, 0.5) is 4.79 Å². The predicted molar refractivity (Wildman–Crippen MR) is 128 cm³/mol. The molecule has 2 heterocycles. The summed E-state index contributed by atoms with van der Waals surface area (Å²) in [7, 11) is 1.85. The van der Waals surface area contributed by atoms with Gasteiger partial charge in [-0.05, 0) is 59.3 Å². The van der Waals surface area contributed by atoms with Crippen LogP contribution in [0, 0.1) is 11.8 Å². The monoisotopic (exact) mass is 524 g/mol. The van der Waals surface area contributed by atoms with Gasteiger partial charge in [0.25, 0.3) is 0 Å². The normalized spacial score (nSPS) is 23.0. The Morgan fingerprint density at radius 2 is 1.86 bits per heavy atom. The van der Waals surface area contributed by atoms with E-state index in [9.17, 15) is 4.79 Å². The fraction of sp³-hybridized carbons (Fsp3) is 0.905. The van der Waals surface area contributed by atoms with Gasteiger partial charge >= 0.3 is 6.09 Å². The van der Waals surface area contributed by atoms with E-state index in [1.54, 1.807) is 0 Å². The van der Waals surface area contributed by atoms with Gasteiger partial charge in [-0.15, -0.1) is 24.0 Å². The van der Waals surface area contributed by atoms with Crippen LogP contribution in [0.3, 0.4) is 0 Å². The number of carbonyl (C=O) groups is 1. The lowest BCUT2D eigenvalue weighted by Crippen LogP contribution is -2.44. The van der Waals surface area contributed by atoms with E-state index in [1.807, 2.05) is 39.6 Å². The van der Waals surface area contributed by atoms with Crippen LogP contribution in [0.15, 0.2) is 4.99 Å². The Morgan fingerprint density at radius 3 is 2.52 bits per heavy atom. The highest BCUT2D eigenvalue weighted by Crippen LogP contribution is 2.22. The molecule has 0 aromatic carbocycles. The van der Waals surface area contributed by atoms with Gasteiger partial charge in [0.05, 0.1) is 6.61 Å². The second-order valence-electron chi connectivity index (χ2n) is 8.96. The van der Waals surface area contributed by atoms with Crippen LogP contribution in [0.25, 0.3) is 0 Å². The molecule has 2 aliphatic heterocycles. The molecule has 2 aliphatic rings. The van der Waals surface area contributed by atoms with Crippen LogP contribution >= 0.6 is 24.0 Å². The van der Waals surface area contributed by atoms with Crippen LogP contribution in [0.1, 0.15) is 53.4 Å². The van der Waals surface area contributed by atoms with Crippen molar-refractivity contribution in [3.05, 3.63) is 0 Å². The number of likely N-dealkylation sites (tertiary alicyclic amines) is 2. The van der Waals surface area contributed by atoms with E-state index in [4.69, 9.17) is 9.47 Å². The summed E-state index contributed by atoms with van der Waals surface area (Å²) < 4.78 is 11.1. The molecule has 0 radical (unpaired) electrons. The van der Waals surface area contributed by atoms with Gasteiger partial charge in [0.15, 0.2) is 5.96 Å². The summed E-state index contributed by atoms with van der Waals surface area (Å²) in [4.78, 5) is 21.0. The standard InChI is InChI=1S/C21H40N4O3.HI/c1-6-27-16-18-10-13-24(15-18)19(22-5)23-11-9-17-8-7-12-25(14-17)20(26)28-21(2,3)4;/h17-18H,6-16H2,1-5H3,(H,22,23);1H. The lowest BCUT2D eigenvalue weighted by atomic mass is 9.95. The molecule has 1 N–H and O–H groups in total. The van der Waals surface area contributed by atoms with Gasteiger partial charge in [-0.25, -0.2) is 4.79 Å². The number of hydrogen-bond acceptors (Lipinski definition) is 4. The molecule has 2 rings (SSSR count). The van der Waals surface area contributed by atoms with E-state index in [0.717, 1.165) is 71.2 Å². The molecule has 0 aliphatic carbocycles. The molecule has 1 amide bonds. The van der Waals surface area contributed by atoms with Crippen molar-refractivity contribution in [2.45, 2.75) is 59.0 Å². The number of ether oxygens (including phenoxy) is 2. The fourth-order valence-corrected chi connectivity index (χ4v) is 3.96. The maximum absolute atomic E-state index is 12.3. The zero-order valence-electron chi connectivity index (χ0n) is 18.9. The highest BCUT2D eigenvalue weighted by Gasteiger charge is 2.28. The molecule has 7 nitrogen and oxygen atoms in total. The van der Waals surface area contributed by atoms with Crippen LogP contribution in [0.2, 0.25) is 0 Å². The van der Waals surface area contributed by atoms with Crippen LogP contribution < -0.4 is 5.32 Å². The van der Waals surface area contributed by atoms with Gasteiger partial charge in [-0.1, -0.05) is 0 Å². The first-order valence-corrected chi connectivity index (χ1v) is 10.8. The van der Waals surface area contributed by atoms with Crippen molar-refractivity contribution in [3.63, 3.8) is 0 Å². The van der Waals surface area contributed by atoms with Gasteiger partial charge in [-0.2, -0.15) is 0 Å². The number of halogens is 1. The lowest BCUT2D eigenvalue weighted by molar-refractivity contribution is 0.0162. The number of amides is 1. The Balaban J connectivity index is 0.00000420. The summed E-state index contributed by atoms with van der Waals surface area (Å²) in [6, 6.07) is 0. The molecule has 0 aromatic rings. The molecular weight excluding hydrogens is 483 g/mol. The SMILES string of the molecule is CCOCC1CCN(C(=NC)NCCC2CCCN(C(=O)OC(C)(C)C)C2)C1.I. The molecule has 2 atom stereocenters. The topological polar surface area (TPSA) is 66.4 Å². The second kappa shape index (κ2) is 12.8. The minimum Gasteiger partial charge on any atom is -0.444 e. The van der Waals surface area contributed by atoms with Crippen molar-refractivity contribution >= 4 is 36.0 Å². The Bertz CT molecular complexity index is 525. The van der Waals surface area contributed by atoms with Crippen LogP contribution in [-0.4, -0.2) is 80.4 Å². The largest absolute Gasteiger partial charge is 0.444 e. The van der Waals surface area contributed by atoms with E-state index in [2.05, 4.69) is 15.2 Å². The Kier molecular flexibility index (Phi) is 11.6. The van der Waals surface area contributed by atoms with Gasteiger partial charge in [0.2, 0.25) is 0 Å². The van der Waals surface area contributed by atoms with Gasteiger partial charge in [-0.3, -0.25) is 4.99 Å². The minimum absolute atomic E-state index is 0. The zero-order chi connectivity index (χ0) is 20.6. The Labute approximate surface area is 194 Å². The summed E-state index contributed by atoms with van der Waals surface area (Å²) in [6.45, 7) is 13.9. The molecule has 2 fully saturated rings. The summed E-state index contributed by atoms with van der Waals surface area (Å²) >= 11 is 0. The quantitative estimate of drug-likeness (QED) is 0.327. The van der Waals surface area contributed by atoms with Crippen molar-refractivity contribution < 1.29 is 14.3 Å². The third-order valence-corrected chi connectivity index (χ3v) is 5.36. The lowest BCUT2D eigenvalue weighted by Gasteiger charge is -2.34. The maximum atomic E-state index is 12.3. The molecule has 2 saturated heterocycles. The average molecular weight is 524 g/mol. The third kappa shape index (κ3) is 9.27. The molecular formula is C21H41IN4O3. The molecule has 0 saturated carbocycles. The number of nitrogens with zero attached hydrogens (tertiary/aromatic N) is 3. The van der Waals surface area contributed by atoms with Crippen LogP contribution in [0.5, 0.6) is 0 Å². The number of carbonyl (C=O) groups excluding carboxylic acids is 1. The van der Waals surface area contributed by atoms with E-state index in [1.165, 1.54) is 6.42 Å². The molecule has 0 spiro atoms. The van der Waals surface area contributed by atoms with Crippen molar-refractivity contribution in [2.24, 2.45) is 16.8 Å². The van der Waals surface area contributed by atoms with Crippen LogP contribution in [-0.2, 0) is 9.47 Å². The zero-order valence-corrected chi connectivity index (χ0v) is 21.2. The minimum atomic E-state index is -0.437. The highest BCUT2D eigenvalue weighted by molar-refractivity contribution is 14.0. The van der Waals surface area contributed by atoms with Crippen molar-refractivity contribution in [3.8, 4) is 0 Å². The molecule has 170 valence electrons. The molecule has 0 bridgehead atoms. The van der Waals surface area contributed by atoms with Crippen molar-refractivity contribution in [1.82, 2.24) is 15.1 Å². The fourth-order valence-electron chi connectivity index (χ4n) is 3.96. The van der Waals surface area contributed by atoms with E-state index >= 15 is 0 Å². The summed E-state index contributed by atoms with van der Waals surface area (Å²) in [6.07, 6.45) is 4.23. The second-order valence-corrected chi connectivity index (χ2v) is 8.96. The number of guanidine groups is 1. The first-order chi connectivity index (χ1) is 13.3. The molecule has 8 heteroatoms. The summed E-state index contributed by atoms with van der Waals surface area (Å²) in [5.41, 5.74) is -0.437. The molecule has 29 heavy (non-hydrogen) atoms. The Hall–Kier alpha value is -0.770. The number of rotatable bonds is 6. The predicted octanol–water partition coefficient (Wildman–Crippen LogP) is 3.58. The van der Waals surface area contributed by atoms with Gasteiger partial charge in [0, 0.05) is 52.3 Å². The smallest absolute Gasteiger partial charge is 0.410 e. The average Bonchev–Trinajstić information content (AvgIpc) is 3.11. The van der Waals surface area contributed by atoms with Crippen molar-refractivity contribution in [2.75, 3.05) is 53.0 Å². The molecule has 2 unspecified atom stereocenters. The van der Waals surface area contributed by atoms with E-state index in [-0.39, 0.29) is 30.1 Å². The number of nitrogens with one attached hydrogen (secondary N) is 1. The Morgan fingerprint density at radius 1 is 1.14 bits per heavy atom. The van der Waals surface area contributed by atoms with Crippen molar-refractivity contribution in [1.29, 1.82) is 0 Å². The number of aliphatic imine (C=N–C) groups is 1. The summed E-state index contributed by atoms with van der Waals surface area (Å²) in [5.74, 6) is 2.09. The molecule has 0 aromatic heterocycles. The van der Waals surface area contributed by atoms with Gasteiger partial charge in [0.1, 0.15) is 5.60 Å². The first kappa shape index (κ1) is 26.3. The highest BCUT2D eigenvalue weighted by atomic mass is 127. The van der Waals surface area contributed by atoms with Gasteiger partial charge < -0.3 is 24.6 Å². The number of piperidine rings is 1.